The second-order valence-corrected chi connectivity index (χ2v) is 11.5. The average Bonchev–Trinajstić information content (AvgIpc) is 3.48. The van der Waals surface area contributed by atoms with Crippen molar-refractivity contribution in [2.75, 3.05) is 0 Å². The molecule has 3 nitrogen and oxygen atoms in total. The lowest BCUT2D eigenvalue weighted by Crippen LogP contribution is -2.01. The lowest BCUT2D eigenvalue weighted by Gasteiger charge is -2.12. The molecule has 0 bridgehead atoms. The van der Waals surface area contributed by atoms with E-state index in [0.29, 0.717) is 17.5 Å². The third-order valence-electron chi connectivity index (χ3n) is 7.78. The Morgan fingerprint density at radius 3 is 1.56 bits per heavy atom. The normalized spacial score (nSPS) is 11.3. The van der Waals surface area contributed by atoms with E-state index in [1.165, 1.54) is 31.3 Å². The van der Waals surface area contributed by atoms with Gasteiger partial charge in [-0.3, -0.25) is 0 Å². The fraction of sp³-hybridized carbons (Fsp3) is 0. The van der Waals surface area contributed by atoms with Crippen LogP contribution in [0.2, 0.25) is 0 Å². The van der Waals surface area contributed by atoms with Gasteiger partial charge in [-0.25, -0.2) is 15.0 Å². The van der Waals surface area contributed by atoms with Crippen LogP contribution in [0.5, 0.6) is 0 Å². The molecule has 8 rings (SSSR count). The number of aromatic nitrogens is 3. The second-order valence-electron chi connectivity index (χ2n) is 10.4. The average molecular weight is 568 g/mol. The van der Waals surface area contributed by atoms with Crippen LogP contribution in [-0.2, 0) is 0 Å². The Morgan fingerprint density at radius 2 is 0.814 bits per heavy atom. The molecule has 2 aromatic heterocycles. The number of hydrogen-bond acceptors (Lipinski definition) is 4. The van der Waals surface area contributed by atoms with Crippen LogP contribution in [0.15, 0.2) is 152 Å². The Labute approximate surface area is 253 Å². The van der Waals surface area contributed by atoms with Crippen molar-refractivity contribution in [3.05, 3.63) is 152 Å². The quantitative estimate of drug-likeness (QED) is 0.208. The molecule has 2 heterocycles. The summed E-state index contributed by atoms with van der Waals surface area (Å²) in [4.78, 5) is 15.0. The van der Waals surface area contributed by atoms with Crippen LogP contribution in [0.4, 0.5) is 0 Å². The molecule has 0 radical (unpaired) electrons. The van der Waals surface area contributed by atoms with E-state index >= 15 is 0 Å². The first-order valence-electron chi connectivity index (χ1n) is 14.3. The zero-order valence-corrected chi connectivity index (χ0v) is 24.0. The summed E-state index contributed by atoms with van der Waals surface area (Å²) in [5, 5.41) is 2.61. The molecule has 0 amide bonds. The van der Waals surface area contributed by atoms with Crippen molar-refractivity contribution in [2.24, 2.45) is 0 Å². The molecular weight excluding hydrogens is 543 g/mol. The minimum atomic E-state index is 0.651. The largest absolute Gasteiger partial charge is 0.208 e. The van der Waals surface area contributed by atoms with Gasteiger partial charge in [0.1, 0.15) is 0 Å². The van der Waals surface area contributed by atoms with E-state index in [-0.39, 0.29) is 0 Å². The van der Waals surface area contributed by atoms with Crippen molar-refractivity contribution < 1.29 is 0 Å². The molecule has 0 aliphatic carbocycles. The summed E-state index contributed by atoms with van der Waals surface area (Å²) in [5.74, 6) is 1.96. The Morgan fingerprint density at radius 1 is 0.326 bits per heavy atom. The molecule has 0 spiro atoms. The molecule has 8 aromatic rings. The summed E-state index contributed by atoms with van der Waals surface area (Å²) in [7, 11) is 0. The van der Waals surface area contributed by atoms with Gasteiger partial charge in [-0.1, -0.05) is 146 Å². The van der Waals surface area contributed by atoms with E-state index in [0.717, 1.165) is 27.8 Å². The van der Waals surface area contributed by atoms with Gasteiger partial charge in [-0.2, -0.15) is 0 Å². The number of fused-ring (bicyclic) bond motifs is 3. The maximum absolute atomic E-state index is 5.05. The molecule has 0 aliphatic heterocycles. The first kappa shape index (κ1) is 25.3. The molecule has 202 valence electrons. The summed E-state index contributed by atoms with van der Waals surface area (Å²) in [6, 6.07) is 52.6. The minimum Gasteiger partial charge on any atom is -0.208 e. The number of hydrogen-bond donors (Lipinski definition) is 0. The number of benzene rings is 6. The summed E-state index contributed by atoms with van der Waals surface area (Å²) >= 11 is 1.85. The highest BCUT2D eigenvalue weighted by Gasteiger charge is 2.16. The van der Waals surface area contributed by atoms with Gasteiger partial charge in [0.2, 0.25) is 0 Å². The summed E-state index contributed by atoms with van der Waals surface area (Å²) < 4.78 is 2.62. The van der Waals surface area contributed by atoms with Gasteiger partial charge in [0.25, 0.3) is 0 Å². The van der Waals surface area contributed by atoms with E-state index < -0.39 is 0 Å². The Kier molecular flexibility index (Phi) is 6.32. The van der Waals surface area contributed by atoms with Gasteiger partial charge < -0.3 is 0 Å². The van der Waals surface area contributed by atoms with E-state index in [2.05, 4.69) is 109 Å². The van der Waals surface area contributed by atoms with Gasteiger partial charge in [0.15, 0.2) is 17.5 Å². The predicted molar refractivity (Wildman–Crippen MR) is 180 cm³/mol. The fourth-order valence-corrected chi connectivity index (χ4v) is 6.90. The first-order chi connectivity index (χ1) is 21.3. The maximum Gasteiger partial charge on any atom is 0.164 e. The van der Waals surface area contributed by atoms with Gasteiger partial charge in [0.05, 0.1) is 0 Å². The molecule has 0 unspecified atom stereocenters. The van der Waals surface area contributed by atoms with Crippen molar-refractivity contribution in [3.8, 4) is 56.4 Å². The van der Waals surface area contributed by atoms with Crippen LogP contribution in [0.1, 0.15) is 0 Å². The number of thiophene rings is 1. The fourth-order valence-electron chi connectivity index (χ4n) is 5.66. The summed E-state index contributed by atoms with van der Waals surface area (Å²) in [6.45, 7) is 0. The van der Waals surface area contributed by atoms with E-state index in [4.69, 9.17) is 15.0 Å². The maximum atomic E-state index is 5.05. The zero-order chi connectivity index (χ0) is 28.6. The zero-order valence-electron chi connectivity index (χ0n) is 23.2. The van der Waals surface area contributed by atoms with Crippen LogP contribution in [0, 0.1) is 0 Å². The first-order valence-corrected chi connectivity index (χ1v) is 15.1. The van der Waals surface area contributed by atoms with E-state index in [9.17, 15) is 0 Å². The molecule has 0 N–H and O–H groups in total. The van der Waals surface area contributed by atoms with Crippen LogP contribution in [0.25, 0.3) is 76.6 Å². The predicted octanol–water partition coefficient (Wildman–Crippen LogP) is 10.6. The summed E-state index contributed by atoms with van der Waals surface area (Å²) in [5.41, 5.74) is 7.51. The lowest BCUT2D eigenvalue weighted by atomic mass is 9.99. The highest BCUT2D eigenvalue weighted by molar-refractivity contribution is 7.26. The van der Waals surface area contributed by atoms with Crippen molar-refractivity contribution in [2.45, 2.75) is 0 Å². The highest BCUT2D eigenvalue weighted by Crippen LogP contribution is 2.40. The van der Waals surface area contributed by atoms with Crippen molar-refractivity contribution in [1.82, 2.24) is 15.0 Å². The SMILES string of the molecule is c1ccc(-c2nc(-c3ccc(-c4cccc5c4sc4ccccc45)cc3)nc(-c3ccccc3-c3ccccc3)n2)cc1. The third kappa shape index (κ3) is 4.68. The van der Waals surface area contributed by atoms with Crippen LogP contribution in [-0.4, -0.2) is 15.0 Å². The monoisotopic (exact) mass is 567 g/mol. The van der Waals surface area contributed by atoms with Gasteiger partial charge in [-0.15, -0.1) is 11.3 Å². The molecule has 0 aliphatic rings. The molecule has 0 atom stereocenters. The number of rotatable bonds is 5. The van der Waals surface area contributed by atoms with Gasteiger partial charge in [0, 0.05) is 36.9 Å². The van der Waals surface area contributed by atoms with Crippen LogP contribution >= 0.6 is 11.3 Å². The smallest absolute Gasteiger partial charge is 0.164 e. The molecule has 43 heavy (non-hydrogen) atoms. The lowest BCUT2D eigenvalue weighted by molar-refractivity contribution is 1.07. The van der Waals surface area contributed by atoms with E-state index in [1.54, 1.807) is 0 Å². The molecule has 6 aromatic carbocycles. The van der Waals surface area contributed by atoms with Crippen molar-refractivity contribution >= 4 is 31.5 Å². The third-order valence-corrected chi connectivity index (χ3v) is 9.00. The van der Waals surface area contributed by atoms with Crippen molar-refractivity contribution in [3.63, 3.8) is 0 Å². The van der Waals surface area contributed by atoms with Crippen LogP contribution in [0.3, 0.4) is 0 Å². The molecule has 0 fully saturated rings. The molecule has 0 saturated carbocycles. The van der Waals surface area contributed by atoms with Gasteiger partial charge >= 0.3 is 0 Å². The Hall–Kier alpha value is -5.45. The van der Waals surface area contributed by atoms with Crippen molar-refractivity contribution in [1.29, 1.82) is 0 Å². The summed E-state index contributed by atoms with van der Waals surface area (Å²) in [6.07, 6.45) is 0. The Bertz CT molecular complexity index is 2220. The highest BCUT2D eigenvalue weighted by atomic mass is 32.1. The second kappa shape index (κ2) is 10.8. The standard InChI is InChI=1S/C39H25N3S/c1-3-12-26(13-4-1)30-16-7-8-18-34(30)39-41-37(28-14-5-2-6-15-28)40-38(42-39)29-24-22-27(23-25-29)31-19-11-20-33-32-17-9-10-21-35(32)43-36(31)33/h1-25H. The van der Waals surface area contributed by atoms with Crippen LogP contribution < -0.4 is 0 Å². The molecular formula is C39H25N3S. The minimum absolute atomic E-state index is 0.651. The number of nitrogens with zero attached hydrogens (tertiary/aromatic N) is 3. The van der Waals surface area contributed by atoms with Gasteiger partial charge in [-0.05, 0) is 28.3 Å². The molecule has 4 heteroatoms. The van der Waals surface area contributed by atoms with E-state index in [1.807, 2.05) is 53.8 Å². The Balaban J connectivity index is 1.25. The molecule has 0 saturated heterocycles. The topological polar surface area (TPSA) is 38.7 Å².